The monoisotopic (exact) mass is 218 g/mol. The van der Waals surface area contributed by atoms with Crippen LogP contribution in [0.4, 0.5) is 0 Å². The number of fused-ring (bicyclic) bond motifs is 1. The minimum Gasteiger partial charge on any atom is -0.481 e. The second-order valence-electron chi connectivity index (χ2n) is 4.06. The molecule has 0 spiro atoms. The lowest BCUT2D eigenvalue weighted by atomic mass is 10.2. The Morgan fingerprint density at radius 1 is 1.56 bits per heavy atom. The lowest BCUT2D eigenvalue weighted by Crippen LogP contribution is -2.00. The summed E-state index contributed by atoms with van der Waals surface area (Å²) in [7, 11) is 0. The zero-order chi connectivity index (χ0) is 11.1. The fourth-order valence-electron chi connectivity index (χ4n) is 1.66. The normalized spacial score (nSPS) is 15.5. The third-order valence-electron chi connectivity index (χ3n) is 2.60. The topological polar surface area (TPSA) is 76.2 Å². The van der Waals surface area contributed by atoms with Crippen LogP contribution in [0.2, 0.25) is 0 Å². The fraction of sp³-hybridized carbons (Fsp3) is 0.364. The van der Waals surface area contributed by atoms with Gasteiger partial charge in [0.2, 0.25) is 11.6 Å². The number of oxazole rings is 1. The van der Waals surface area contributed by atoms with Gasteiger partial charge >= 0.3 is 5.97 Å². The first-order chi connectivity index (χ1) is 7.72. The number of carbonyl (C=O) groups is 1. The molecule has 0 unspecified atom stereocenters. The van der Waals surface area contributed by atoms with Crippen molar-refractivity contribution in [2.45, 2.75) is 25.2 Å². The van der Waals surface area contributed by atoms with Gasteiger partial charge in [0.05, 0.1) is 6.42 Å². The van der Waals surface area contributed by atoms with Crippen LogP contribution in [-0.4, -0.2) is 21.0 Å². The molecule has 3 rings (SSSR count). The van der Waals surface area contributed by atoms with Crippen molar-refractivity contribution in [3.63, 3.8) is 0 Å². The van der Waals surface area contributed by atoms with E-state index in [-0.39, 0.29) is 6.42 Å². The molecule has 5 nitrogen and oxygen atoms in total. The van der Waals surface area contributed by atoms with Gasteiger partial charge in [-0.1, -0.05) is 0 Å². The summed E-state index contributed by atoms with van der Waals surface area (Å²) in [4.78, 5) is 18.9. The lowest BCUT2D eigenvalue weighted by molar-refractivity contribution is -0.136. The minimum atomic E-state index is -0.868. The van der Waals surface area contributed by atoms with E-state index in [1.807, 2.05) is 0 Å². The molecule has 1 fully saturated rings. The van der Waals surface area contributed by atoms with E-state index in [1.165, 1.54) is 6.20 Å². The Bertz CT molecular complexity index is 557. The van der Waals surface area contributed by atoms with Crippen molar-refractivity contribution in [3.05, 3.63) is 23.7 Å². The summed E-state index contributed by atoms with van der Waals surface area (Å²) in [5, 5.41) is 8.67. The summed E-state index contributed by atoms with van der Waals surface area (Å²) >= 11 is 0. The number of aromatic nitrogens is 2. The quantitative estimate of drug-likeness (QED) is 0.848. The molecule has 2 aromatic rings. The van der Waals surface area contributed by atoms with Gasteiger partial charge in [0.25, 0.3) is 0 Å². The molecule has 1 saturated carbocycles. The van der Waals surface area contributed by atoms with Gasteiger partial charge in [-0.15, -0.1) is 0 Å². The minimum absolute atomic E-state index is 0.0332. The summed E-state index contributed by atoms with van der Waals surface area (Å²) < 4.78 is 5.48. The number of hydrogen-bond donors (Lipinski definition) is 1. The van der Waals surface area contributed by atoms with Crippen LogP contribution in [0.5, 0.6) is 0 Å². The van der Waals surface area contributed by atoms with Crippen molar-refractivity contribution in [1.82, 2.24) is 9.97 Å². The van der Waals surface area contributed by atoms with E-state index in [0.717, 1.165) is 18.7 Å². The molecule has 0 aromatic carbocycles. The SMILES string of the molecule is O=C(O)Cc1cnc2oc(C3CC3)nc2c1. The Kier molecular flexibility index (Phi) is 1.92. The molecular formula is C11H10N2O3. The summed E-state index contributed by atoms with van der Waals surface area (Å²) in [6, 6.07) is 1.73. The Labute approximate surface area is 91.1 Å². The van der Waals surface area contributed by atoms with Gasteiger partial charge in [-0.25, -0.2) is 9.97 Å². The van der Waals surface area contributed by atoms with Crippen molar-refractivity contribution < 1.29 is 14.3 Å². The van der Waals surface area contributed by atoms with Crippen molar-refractivity contribution in [2.75, 3.05) is 0 Å². The standard InChI is InChI=1S/C11H10N2O3/c14-9(15)4-6-3-8-11(12-5-6)16-10(13-8)7-1-2-7/h3,5,7H,1-2,4H2,(H,14,15). The van der Waals surface area contributed by atoms with Crippen LogP contribution in [-0.2, 0) is 11.2 Å². The zero-order valence-corrected chi connectivity index (χ0v) is 8.51. The van der Waals surface area contributed by atoms with Crippen LogP contribution in [0.1, 0.15) is 30.2 Å². The van der Waals surface area contributed by atoms with Crippen LogP contribution >= 0.6 is 0 Å². The van der Waals surface area contributed by atoms with Crippen LogP contribution in [0, 0.1) is 0 Å². The van der Waals surface area contributed by atoms with Gasteiger partial charge < -0.3 is 9.52 Å². The highest BCUT2D eigenvalue weighted by Gasteiger charge is 2.29. The maximum Gasteiger partial charge on any atom is 0.307 e. The van der Waals surface area contributed by atoms with E-state index in [4.69, 9.17) is 9.52 Å². The number of nitrogens with zero attached hydrogens (tertiary/aromatic N) is 2. The summed E-state index contributed by atoms with van der Waals surface area (Å²) in [5.74, 6) is 0.305. The summed E-state index contributed by atoms with van der Waals surface area (Å²) in [6.45, 7) is 0. The second-order valence-corrected chi connectivity index (χ2v) is 4.06. The zero-order valence-electron chi connectivity index (χ0n) is 8.51. The molecule has 0 amide bonds. The maximum absolute atomic E-state index is 10.6. The van der Waals surface area contributed by atoms with Crippen LogP contribution in [0.15, 0.2) is 16.7 Å². The molecule has 5 heteroatoms. The molecule has 1 aliphatic rings. The molecule has 1 aliphatic carbocycles. The van der Waals surface area contributed by atoms with Gasteiger partial charge in [-0.2, -0.15) is 0 Å². The van der Waals surface area contributed by atoms with Gasteiger partial charge in [0.15, 0.2) is 0 Å². The summed E-state index contributed by atoms with van der Waals surface area (Å²) in [5.41, 5.74) is 1.80. The first-order valence-electron chi connectivity index (χ1n) is 5.19. The van der Waals surface area contributed by atoms with Gasteiger partial charge in [0.1, 0.15) is 5.52 Å². The van der Waals surface area contributed by atoms with E-state index in [2.05, 4.69) is 9.97 Å². The van der Waals surface area contributed by atoms with Crippen molar-refractivity contribution in [3.8, 4) is 0 Å². The summed E-state index contributed by atoms with van der Waals surface area (Å²) in [6.07, 6.45) is 3.73. The fourth-order valence-corrected chi connectivity index (χ4v) is 1.66. The van der Waals surface area contributed by atoms with E-state index in [0.29, 0.717) is 22.7 Å². The van der Waals surface area contributed by atoms with Crippen molar-refractivity contribution in [1.29, 1.82) is 0 Å². The molecule has 0 atom stereocenters. The van der Waals surface area contributed by atoms with E-state index in [1.54, 1.807) is 6.07 Å². The number of carboxylic acids is 1. The van der Waals surface area contributed by atoms with E-state index < -0.39 is 5.97 Å². The van der Waals surface area contributed by atoms with Gasteiger partial charge in [-0.05, 0) is 24.5 Å². The number of carboxylic acid groups (broad SMARTS) is 1. The highest BCUT2D eigenvalue weighted by molar-refractivity contribution is 5.74. The molecule has 82 valence electrons. The molecule has 0 radical (unpaired) electrons. The van der Waals surface area contributed by atoms with E-state index in [9.17, 15) is 4.79 Å². The Hall–Kier alpha value is -1.91. The highest BCUT2D eigenvalue weighted by atomic mass is 16.4. The molecule has 0 saturated heterocycles. The van der Waals surface area contributed by atoms with Crippen LogP contribution < -0.4 is 0 Å². The molecular weight excluding hydrogens is 208 g/mol. The molecule has 1 N–H and O–H groups in total. The number of aliphatic carboxylic acids is 1. The van der Waals surface area contributed by atoms with Crippen molar-refractivity contribution in [2.24, 2.45) is 0 Å². The maximum atomic E-state index is 10.6. The molecule has 0 bridgehead atoms. The number of rotatable bonds is 3. The number of hydrogen-bond acceptors (Lipinski definition) is 4. The largest absolute Gasteiger partial charge is 0.481 e. The smallest absolute Gasteiger partial charge is 0.307 e. The van der Waals surface area contributed by atoms with E-state index >= 15 is 0 Å². The highest BCUT2D eigenvalue weighted by Crippen LogP contribution is 2.40. The Morgan fingerprint density at radius 2 is 2.38 bits per heavy atom. The predicted molar refractivity (Wildman–Crippen MR) is 55.1 cm³/mol. The van der Waals surface area contributed by atoms with Crippen molar-refractivity contribution >= 4 is 17.2 Å². The molecule has 2 aromatic heterocycles. The average Bonchev–Trinajstić information content (AvgIpc) is 2.98. The third-order valence-corrected chi connectivity index (χ3v) is 2.60. The third kappa shape index (κ3) is 1.64. The molecule has 2 heterocycles. The predicted octanol–water partition coefficient (Wildman–Crippen LogP) is 1.73. The molecule has 16 heavy (non-hydrogen) atoms. The Balaban J connectivity index is 1.99. The number of pyridine rings is 1. The average molecular weight is 218 g/mol. The van der Waals surface area contributed by atoms with Gasteiger partial charge in [0, 0.05) is 12.1 Å². The molecule has 0 aliphatic heterocycles. The Morgan fingerprint density at radius 3 is 3.06 bits per heavy atom. The first-order valence-corrected chi connectivity index (χ1v) is 5.19. The first kappa shape index (κ1) is 9.33. The van der Waals surface area contributed by atoms with Gasteiger partial charge in [-0.3, -0.25) is 4.79 Å². The lowest BCUT2D eigenvalue weighted by Gasteiger charge is -1.93. The second kappa shape index (κ2) is 3.30. The van der Waals surface area contributed by atoms with Crippen LogP contribution in [0.3, 0.4) is 0 Å². The van der Waals surface area contributed by atoms with Crippen LogP contribution in [0.25, 0.3) is 11.2 Å².